The largest absolute Gasteiger partial charge is 0.355 e. The van der Waals surface area contributed by atoms with Gasteiger partial charge in [-0.25, -0.2) is 0 Å². The van der Waals surface area contributed by atoms with E-state index < -0.39 is 0 Å². The maximum absolute atomic E-state index is 11.3. The van der Waals surface area contributed by atoms with Gasteiger partial charge in [-0.3, -0.25) is 4.79 Å². The van der Waals surface area contributed by atoms with Crippen LogP contribution in [0.3, 0.4) is 0 Å². The molecule has 0 unspecified atom stereocenters. The number of hydrogen-bond acceptors (Lipinski definition) is 3. The van der Waals surface area contributed by atoms with Crippen LogP contribution in [-0.2, 0) is 4.79 Å². The smallest absolute Gasteiger partial charge is 0.220 e. The molecule has 2 N–H and O–H groups in total. The number of thioether (sulfide) groups is 1. The van der Waals surface area contributed by atoms with Gasteiger partial charge < -0.3 is 10.6 Å². The lowest BCUT2D eigenvalue weighted by Gasteiger charge is -2.26. The Morgan fingerprint density at radius 1 is 1.64 bits per heavy atom. The maximum atomic E-state index is 11.3. The lowest BCUT2D eigenvalue weighted by molar-refractivity contribution is -0.122. The monoisotopic (exact) mass is 212 g/mol. The Kier molecular flexibility index (Phi) is 5.50. The molecule has 0 aromatic carbocycles. The van der Waals surface area contributed by atoms with Gasteiger partial charge in [0.1, 0.15) is 0 Å². The quantitative estimate of drug-likeness (QED) is 0.484. The van der Waals surface area contributed by atoms with E-state index in [1.807, 2.05) is 0 Å². The molecule has 1 amide bonds. The number of carbonyl (C=O) groups excluding carboxylic acids is 1. The predicted molar refractivity (Wildman–Crippen MR) is 60.1 cm³/mol. The molecule has 1 aliphatic rings. The summed E-state index contributed by atoms with van der Waals surface area (Å²) in [6.45, 7) is 2.70. The van der Waals surface area contributed by atoms with E-state index in [-0.39, 0.29) is 5.91 Å². The third-order valence-corrected chi connectivity index (χ3v) is 2.96. The maximum Gasteiger partial charge on any atom is 0.220 e. The summed E-state index contributed by atoms with van der Waals surface area (Å²) in [5, 5.41) is 6.03. The topological polar surface area (TPSA) is 41.1 Å². The molecule has 1 aliphatic heterocycles. The molecule has 0 aromatic rings. The van der Waals surface area contributed by atoms with Crippen molar-refractivity contribution in [3.05, 3.63) is 0 Å². The molecule has 0 saturated carbocycles. The zero-order valence-electron chi connectivity index (χ0n) is 8.21. The van der Waals surface area contributed by atoms with Crippen LogP contribution in [0.15, 0.2) is 0 Å². The minimum Gasteiger partial charge on any atom is -0.355 e. The van der Waals surface area contributed by atoms with Crippen molar-refractivity contribution in [3.8, 4) is 12.3 Å². The average molecular weight is 212 g/mol. The fourth-order valence-electron chi connectivity index (χ4n) is 1.22. The number of carbonyl (C=O) groups is 1. The Bertz CT molecular complexity index is 221. The molecule has 0 spiro atoms. The van der Waals surface area contributed by atoms with Crippen LogP contribution in [0.2, 0.25) is 0 Å². The predicted octanol–water partition coefficient (Wildman–Crippen LogP) is 0.0785. The second-order valence-electron chi connectivity index (χ2n) is 3.34. The van der Waals surface area contributed by atoms with E-state index in [0.717, 1.165) is 31.1 Å². The number of amides is 1. The van der Waals surface area contributed by atoms with Crippen molar-refractivity contribution >= 4 is 17.7 Å². The van der Waals surface area contributed by atoms with Gasteiger partial charge in [-0.15, -0.1) is 18.2 Å². The van der Waals surface area contributed by atoms with E-state index in [1.54, 1.807) is 11.8 Å². The summed E-state index contributed by atoms with van der Waals surface area (Å²) in [5.41, 5.74) is 0. The summed E-state index contributed by atoms with van der Waals surface area (Å²) >= 11 is 1.67. The molecule has 0 aromatic heterocycles. The first-order valence-electron chi connectivity index (χ1n) is 4.81. The summed E-state index contributed by atoms with van der Waals surface area (Å²) in [4.78, 5) is 11.3. The van der Waals surface area contributed by atoms with E-state index in [1.165, 1.54) is 0 Å². The zero-order valence-corrected chi connectivity index (χ0v) is 9.03. The SMILES string of the molecule is C#CCSCCNC(=O)CC1CNC1. The molecule has 1 rings (SSSR count). The van der Waals surface area contributed by atoms with Gasteiger partial charge >= 0.3 is 0 Å². The zero-order chi connectivity index (χ0) is 10.2. The Morgan fingerprint density at radius 2 is 2.43 bits per heavy atom. The standard InChI is InChI=1S/C10H16N2OS/c1-2-4-14-5-3-12-10(13)6-9-7-11-8-9/h1,9,11H,3-8H2,(H,12,13). The van der Waals surface area contributed by atoms with Gasteiger partial charge in [0.25, 0.3) is 0 Å². The van der Waals surface area contributed by atoms with Crippen LogP contribution in [0.5, 0.6) is 0 Å². The van der Waals surface area contributed by atoms with Crippen LogP contribution in [-0.4, -0.2) is 37.0 Å². The normalized spacial score (nSPS) is 15.6. The van der Waals surface area contributed by atoms with E-state index >= 15 is 0 Å². The van der Waals surface area contributed by atoms with Crippen LogP contribution in [0.1, 0.15) is 6.42 Å². The minimum absolute atomic E-state index is 0.165. The van der Waals surface area contributed by atoms with Crippen molar-refractivity contribution in [2.75, 3.05) is 31.1 Å². The Balaban J connectivity index is 1.90. The molecule has 78 valence electrons. The summed E-state index contributed by atoms with van der Waals surface area (Å²) in [6, 6.07) is 0. The molecule has 0 aliphatic carbocycles. The fourth-order valence-corrected chi connectivity index (χ4v) is 1.73. The molecular weight excluding hydrogens is 196 g/mol. The molecule has 14 heavy (non-hydrogen) atoms. The first kappa shape index (κ1) is 11.4. The van der Waals surface area contributed by atoms with Gasteiger partial charge in [-0.1, -0.05) is 5.92 Å². The van der Waals surface area contributed by atoms with Crippen LogP contribution >= 0.6 is 11.8 Å². The van der Waals surface area contributed by atoms with E-state index in [9.17, 15) is 4.79 Å². The minimum atomic E-state index is 0.165. The highest BCUT2D eigenvalue weighted by atomic mass is 32.2. The lowest BCUT2D eigenvalue weighted by atomic mass is 9.99. The Hall–Kier alpha value is -0.660. The molecule has 0 atom stereocenters. The van der Waals surface area contributed by atoms with Crippen LogP contribution in [0, 0.1) is 18.3 Å². The van der Waals surface area contributed by atoms with Crippen LogP contribution in [0.4, 0.5) is 0 Å². The molecule has 0 radical (unpaired) electrons. The van der Waals surface area contributed by atoms with Gasteiger partial charge in [-0.05, 0) is 19.0 Å². The number of nitrogens with one attached hydrogen (secondary N) is 2. The summed E-state index contributed by atoms with van der Waals surface area (Å²) in [5.74, 6) is 4.89. The summed E-state index contributed by atoms with van der Waals surface area (Å²) < 4.78 is 0. The third kappa shape index (κ3) is 4.54. The number of rotatable bonds is 6. The molecule has 1 fully saturated rings. The van der Waals surface area contributed by atoms with E-state index in [2.05, 4.69) is 16.6 Å². The fraction of sp³-hybridized carbons (Fsp3) is 0.700. The highest BCUT2D eigenvalue weighted by Gasteiger charge is 2.19. The van der Waals surface area contributed by atoms with Crippen molar-refractivity contribution in [1.29, 1.82) is 0 Å². The van der Waals surface area contributed by atoms with Crippen LogP contribution < -0.4 is 10.6 Å². The summed E-state index contributed by atoms with van der Waals surface area (Å²) in [7, 11) is 0. The lowest BCUT2D eigenvalue weighted by Crippen LogP contribution is -2.44. The van der Waals surface area contributed by atoms with Gasteiger partial charge in [0, 0.05) is 18.7 Å². The molecular formula is C10H16N2OS. The van der Waals surface area contributed by atoms with Crippen molar-refractivity contribution in [2.45, 2.75) is 6.42 Å². The van der Waals surface area contributed by atoms with Crippen LogP contribution in [0.25, 0.3) is 0 Å². The van der Waals surface area contributed by atoms with Gasteiger partial charge in [0.15, 0.2) is 0 Å². The molecule has 0 bridgehead atoms. The van der Waals surface area contributed by atoms with E-state index in [0.29, 0.717) is 12.3 Å². The second kappa shape index (κ2) is 6.74. The first-order valence-corrected chi connectivity index (χ1v) is 5.97. The molecule has 1 heterocycles. The van der Waals surface area contributed by atoms with Crippen molar-refractivity contribution in [2.24, 2.45) is 5.92 Å². The highest BCUT2D eigenvalue weighted by Crippen LogP contribution is 2.07. The summed E-state index contributed by atoms with van der Waals surface area (Å²) in [6.07, 6.45) is 5.76. The Morgan fingerprint density at radius 3 is 3.00 bits per heavy atom. The molecule has 3 nitrogen and oxygen atoms in total. The average Bonchev–Trinajstić information content (AvgIpc) is 2.11. The molecule has 1 saturated heterocycles. The van der Waals surface area contributed by atoms with Gasteiger partial charge in [0.05, 0.1) is 5.75 Å². The van der Waals surface area contributed by atoms with Gasteiger partial charge in [-0.2, -0.15) is 0 Å². The molecule has 4 heteroatoms. The van der Waals surface area contributed by atoms with Gasteiger partial charge in [0.2, 0.25) is 5.91 Å². The Labute approximate surface area is 89.4 Å². The highest BCUT2D eigenvalue weighted by molar-refractivity contribution is 7.99. The second-order valence-corrected chi connectivity index (χ2v) is 4.44. The number of terminal acetylenes is 1. The van der Waals surface area contributed by atoms with Crippen molar-refractivity contribution in [3.63, 3.8) is 0 Å². The first-order chi connectivity index (χ1) is 6.83. The van der Waals surface area contributed by atoms with E-state index in [4.69, 9.17) is 6.42 Å². The number of hydrogen-bond donors (Lipinski definition) is 2. The third-order valence-electron chi connectivity index (χ3n) is 2.09. The van der Waals surface area contributed by atoms with Crippen molar-refractivity contribution < 1.29 is 4.79 Å². The van der Waals surface area contributed by atoms with Crippen molar-refractivity contribution in [1.82, 2.24) is 10.6 Å².